The number of benzene rings is 4. The van der Waals surface area contributed by atoms with Crippen molar-refractivity contribution in [1.29, 1.82) is 0 Å². The van der Waals surface area contributed by atoms with E-state index in [1.165, 1.54) is 49.0 Å². The molecule has 1 aliphatic carbocycles. The van der Waals surface area contributed by atoms with Gasteiger partial charge in [-0.05, 0) is 60.4 Å². The molecule has 182 valence electrons. The Morgan fingerprint density at radius 1 is 0.750 bits per heavy atom. The van der Waals surface area contributed by atoms with Gasteiger partial charge < -0.3 is 0 Å². The van der Waals surface area contributed by atoms with Gasteiger partial charge in [0.1, 0.15) is 0 Å². The zero-order valence-electron chi connectivity index (χ0n) is 22.1. The highest BCUT2D eigenvalue weighted by molar-refractivity contribution is 7.99. The van der Waals surface area contributed by atoms with Gasteiger partial charge in [0.25, 0.3) is 0 Å². The van der Waals surface area contributed by atoms with Crippen molar-refractivity contribution < 1.29 is 0 Å². The molecule has 2 nitrogen and oxygen atoms in total. The number of thioether (sulfide) groups is 1. The minimum absolute atomic E-state index is 0.178. The van der Waals surface area contributed by atoms with E-state index in [4.69, 9.17) is 9.98 Å². The van der Waals surface area contributed by atoms with Crippen LogP contribution in [-0.2, 0) is 5.41 Å². The summed E-state index contributed by atoms with van der Waals surface area (Å²) in [6.45, 7) is 14.0. The summed E-state index contributed by atoms with van der Waals surface area (Å²) in [6, 6.07) is 26.4. The van der Waals surface area contributed by atoms with Gasteiger partial charge in [0.15, 0.2) is 0 Å². The molecule has 0 atom stereocenters. The van der Waals surface area contributed by atoms with Crippen molar-refractivity contribution in [2.24, 2.45) is 9.98 Å². The third-order valence-electron chi connectivity index (χ3n) is 6.85. The molecule has 0 spiro atoms. The molecule has 4 aromatic rings. The molecule has 0 saturated carbocycles. The molecule has 36 heavy (non-hydrogen) atoms. The molecule has 4 aromatic carbocycles. The zero-order chi connectivity index (χ0) is 25.4. The summed E-state index contributed by atoms with van der Waals surface area (Å²) in [5.41, 5.74) is 10.7. The quantitative estimate of drug-likeness (QED) is 0.203. The molecular formula is C33H34N2S. The van der Waals surface area contributed by atoms with E-state index in [2.05, 4.69) is 114 Å². The van der Waals surface area contributed by atoms with E-state index in [-0.39, 0.29) is 5.41 Å². The number of nitrogens with zero attached hydrogens (tertiary/aromatic N) is 2. The Hall–Kier alpha value is -3.17. The Morgan fingerprint density at radius 3 is 1.97 bits per heavy atom. The minimum atomic E-state index is 0.178. The summed E-state index contributed by atoms with van der Waals surface area (Å²) in [7, 11) is 0. The summed E-state index contributed by atoms with van der Waals surface area (Å²) >= 11 is 1.86. The molecule has 0 fully saturated rings. The first kappa shape index (κ1) is 24.5. The number of rotatable bonds is 5. The first-order valence-corrected chi connectivity index (χ1v) is 13.7. The maximum Gasteiger partial charge on any atom is 0.0974 e. The van der Waals surface area contributed by atoms with Crippen LogP contribution in [-0.4, -0.2) is 23.7 Å². The smallest absolute Gasteiger partial charge is 0.0974 e. The molecule has 0 heterocycles. The summed E-state index contributed by atoms with van der Waals surface area (Å²) in [4.78, 5) is 11.7. The van der Waals surface area contributed by atoms with Crippen LogP contribution in [0.4, 0.5) is 5.69 Å². The lowest BCUT2D eigenvalue weighted by Gasteiger charge is -2.19. The van der Waals surface area contributed by atoms with Crippen molar-refractivity contribution >= 4 is 39.6 Å². The largest absolute Gasteiger partial charge is 0.282 e. The predicted molar refractivity (Wildman–Crippen MR) is 158 cm³/mol. The lowest BCUT2D eigenvalue weighted by atomic mass is 9.87. The number of aliphatic imine (C=N–C) groups is 2. The van der Waals surface area contributed by atoms with E-state index >= 15 is 0 Å². The lowest BCUT2D eigenvalue weighted by Crippen LogP contribution is -2.12. The maximum atomic E-state index is 5.27. The van der Waals surface area contributed by atoms with Crippen molar-refractivity contribution in [1.82, 2.24) is 0 Å². The SMILES string of the molecule is Cc1cc(C)c(N=C2C(=NCCSc3ccc(C(C)(C)C)cc3)c3cccc4cccc2c34)c(C)c1. The van der Waals surface area contributed by atoms with Gasteiger partial charge in [0.05, 0.1) is 17.1 Å². The van der Waals surface area contributed by atoms with Crippen LogP contribution in [0.3, 0.4) is 0 Å². The van der Waals surface area contributed by atoms with E-state index in [0.29, 0.717) is 0 Å². The van der Waals surface area contributed by atoms with E-state index in [1.54, 1.807) is 0 Å². The normalized spacial score (nSPS) is 15.4. The summed E-state index contributed by atoms with van der Waals surface area (Å²) in [5, 5.41) is 2.51. The van der Waals surface area contributed by atoms with Gasteiger partial charge in [-0.1, -0.05) is 87.0 Å². The highest BCUT2D eigenvalue weighted by atomic mass is 32.2. The van der Waals surface area contributed by atoms with Gasteiger partial charge in [0.2, 0.25) is 0 Å². The van der Waals surface area contributed by atoms with E-state index < -0.39 is 0 Å². The van der Waals surface area contributed by atoms with Gasteiger partial charge >= 0.3 is 0 Å². The molecule has 0 bridgehead atoms. The molecule has 0 aromatic heterocycles. The fourth-order valence-electron chi connectivity index (χ4n) is 5.10. The maximum absolute atomic E-state index is 5.27. The topological polar surface area (TPSA) is 24.7 Å². The molecule has 0 unspecified atom stereocenters. The zero-order valence-corrected chi connectivity index (χ0v) is 23.0. The predicted octanol–water partition coefficient (Wildman–Crippen LogP) is 8.78. The second kappa shape index (κ2) is 9.71. The molecule has 1 aliphatic rings. The molecule has 0 saturated heterocycles. The first-order valence-electron chi connectivity index (χ1n) is 12.7. The average molecular weight is 491 g/mol. The molecule has 0 aliphatic heterocycles. The van der Waals surface area contributed by atoms with Crippen molar-refractivity contribution in [3.05, 3.63) is 106 Å². The minimum Gasteiger partial charge on any atom is -0.282 e. The monoisotopic (exact) mass is 490 g/mol. The Morgan fingerprint density at radius 2 is 1.36 bits per heavy atom. The molecule has 3 heteroatoms. The van der Waals surface area contributed by atoms with Gasteiger partial charge in [-0.25, -0.2) is 4.99 Å². The van der Waals surface area contributed by atoms with Crippen LogP contribution in [0, 0.1) is 20.8 Å². The Balaban J connectivity index is 1.47. The summed E-state index contributed by atoms with van der Waals surface area (Å²) < 4.78 is 0. The fraction of sp³-hybridized carbons (Fsp3) is 0.273. The van der Waals surface area contributed by atoms with Gasteiger partial charge in [-0.3, -0.25) is 4.99 Å². The third kappa shape index (κ3) is 4.77. The fourth-order valence-corrected chi connectivity index (χ4v) is 5.84. The first-order chi connectivity index (χ1) is 17.2. The molecule has 0 amide bonds. The average Bonchev–Trinajstić information content (AvgIpc) is 3.13. The molecular weight excluding hydrogens is 456 g/mol. The summed E-state index contributed by atoms with van der Waals surface area (Å²) in [6.07, 6.45) is 0. The molecule has 0 radical (unpaired) electrons. The van der Waals surface area contributed by atoms with E-state index in [1.807, 2.05) is 11.8 Å². The number of aryl methyl sites for hydroxylation is 3. The van der Waals surface area contributed by atoms with Crippen molar-refractivity contribution in [3.63, 3.8) is 0 Å². The van der Waals surface area contributed by atoms with Crippen LogP contribution < -0.4 is 0 Å². The highest BCUT2D eigenvalue weighted by Crippen LogP contribution is 2.35. The van der Waals surface area contributed by atoms with Gasteiger partial charge in [0, 0.05) is 33.7 Å². The van der Waals surface area contributed by atoms with Crippen molar-refractivity contribution in [3.8, 4) is 0 Å². The summed E-state index contributed by atoms with van der Waals surface area (Å²) in [5.74, 6) is 0.931. The van der Waals surface area contributed by atoms with Crippen LogP contribution >= 0.6 is 11.8 Å². The van der Waals surface area contributed by atoms with Crippen LogP contribution in [0.25, 0.3) is 10.8 Å². The second-order valence-electron chi connectivity index (χ2n) is 10.8. The molecule has 5 rings (SSSR count). The number of hydrogen-bond acceptors (Lipinski definition) is 3. The standard InChI is InChI=1S/C33H34N2S/c1-21-19-22(2)30(23(3)20-21)35-32-28-12-8-10-24-9-7-11-27(29(24)28)31(32)34-17-18-36-26-15-13-25(14-16-26)33(4,5)6/h7-16,19-20H,17-18H2,1-6H3. The third-order valence-corrected chi connectivity index (χ3v) is 7.84. The van der Waals surface area contributed by atoms with Crippen LogP contribution in [0.2, 0.25) is 0 Å². The Bertz CT molecular complexity index is 1470. The van der Waals surface area contributed by atoms with Gasteiger partial charge in [-0.15, -0.1) is 11.8 Å². The lowest BCUT2D eigenvalue weighted by molar-refractivity contribution is 0.590. The van der Waals surface area contributed by atoms with Crippen molar-refractivity contribution in [2.45, 2.75) is 51.9 Å². The van der Waals surface area contributed by atoms with Crippen LogP contribution in [0.1, 0.15) is 54.2 Å². The molecule has 0 N–H and O–H groups in total. The van der Waals surface area contributed by atoms with Crippen molar-refractivity contribution in [2.75, 3.05) is 12.3 Å². The Kier molecular flexibility index (Phi) is 6.61. The Labute approximate surface area is 219 Å². The van der Waals surface area contributed by atoms with Crippen LogP contribution in [0.5, 0.6) is 0 Å². The van der Waals surface area contributed by atoms with E-state index in [0.717, 1.165) is 29.4 Å². The van der Waals surface area contributed by atoms with Gasteiger partial charge in [-0.2, -0.15) is 0 Å². The van der Waals surface area contributed by atoms with Crippen LogP contribution in [0.15, 0.2) is 87.7 Å². The second-order valence-corrected chi connectivity index (χ2v) is 11.9. The number of hydrogen-bond donors (Lipinski definition) is 0. The van der Waals surface area contributed by atoms with E-state index in [9.17, 15) is 0 Å². The highest BCUT2D eigenvalue weighted by Gasteiger charge is 2.27.